The summed E-state index contributed by atoms with van der Waals surface area (Å²) in [6.07, 6.45) is 1.19. The molecule has 0 fully saturated rings. The molecule has 6 nitrogen and oxygen atoms in total. The van der Waals surface area contributed by atoms with E-state index in [4.69, 9.17) is 16.3 Å². The van der Waals surface area contributed by atoms with E-state index in [-0.39, 0.29) is 28.9 Å². The molecule has 17 heavy (non-hydrogen) atoms. The van der Waals surface area contributed by atoms with Gasteiger partial charge in [-0.05, 0) is 15.9 Å². The second-order valence-electron chi connectivity index (χ2n) is 3.10. The van der Waals surface area contributed by atoms with Crippen LogP contribution in [0.5, 0.6) is 0 Å². The number of ether oxygens (including phenoxy) is 1. The average Bonchev–Trinajstić information content (AvgIpc) is 2.29. The topological polar surface area (TPSA) is 74.4 Å². The number of aromatic nitrogens is 1. The Bertz CT molecular complexity index is 463. The van der Waals surface area contributed by atoms with Gasteiger partial charge in [-0.25, -0.2) is 0 Å². The Morgan fingerprint density at radius 3 is 2.82 bits per heavy atom. The van der Waals surface area contributed by atoms with Crippen LogP contribution in [-0.2, 0) is 11.3 Å². The van der Waals surface area contributed by atoms with Gasteiger partial charge >= 0.3 is 0 Å². The summed E-state index contributed by atoms with van der Waals surface area (Å²) in [5.74, 6) is 0.369. The van der Waals surface area contributed by atoms with E-state index in [1.807, 2.05) is 0 Å². The van der Waals surface area contributed by atoms with Crippen LogP contribution in [-0.4, -0.2) is 28.6 Å². The van der Waals surface area contributed by atoms with Crippen molar-refractivity contribution in [3.05, 3.63) is 37.2 Å². The Morgan fingerprint density at radius 1 is 1.53 bits per heavy atom. The fourth-order valence-electron chi connectivity index (χ4n) is 1.17. The number of hydrogen-bond donors (Lipinski definition) is 0. The molecule has 0 aliphatic heterocycles. The predicted octanol–water partition coefficient (Wildman–Crippen LogP) is 1.77. The Morgan fingerprint density at radius 2 is 2.24 bits per heavy atom. The van der Waals surface area contributed by atoms with Crippen molar-refractivity contribution in [2.75, 3.05) is 19.1 Å². The number of nitro groups is 1. The van der Waals surface area contributed by atoms with Crippen LogP contribution in [0, 0.1) is 10.1 Å². The molecular weight excluding hydrogens is 315 g/mol. The van der Waals surface area contributed by atoms with Crippen LogP contribution in [0.3, 0.4) is 0 Å². The highest BCUT2D eigenvalue weighted by molar-refractivity contribution is 9.10. The molecule has 1 aromatic heterocycles. The first-order chi connectivity index (χ1) is 8.06. The van der Waals surface area contributed by atoms with E-state index in [0.717, 1.165) is 0 Å². The second-order valence-corrected chi connectivity index (χ2v) is 4.34. The quantitative estimate of drug-likeness (QED) is 0.346. The van der Waals surface area contributed by atoms with Gasteiger partial charge in [-0.3, -0.25) is 14.9 Å². The summed E-state index contributed by atoms with van der Waals surface area (Å²) in [7, 11) is 0. The molecule has 0 aliphatic carbocycles. The lowest BCUT2D eigenvalue weighted by Gasteiger charge is -2.06. The molecule has 0 aromatic carbocycles. The van der Waals surface area contributed by atoms with Crippen molar-refractivity contribution in [3.63, 3.8) is 0 Å². The maximum Gasteiger partial charge on any atom is 0.286 e. The van der Waals surface area contributed by atoms with E-state index in [2.05, 4.69) is 15.9 Å². The molecule has 1 rings (SSSR count). The van der Waals surface area contributed by atoms with E-state index in [0.29, 0.717) is 12.5 Å². The number of halogens is 2. The third kappa shape index (κ3) is 4.10. The molecule has 0 bridgehead atoms. The number of hydrogen-bond acceptors (Lipinski definition) is 4. The molecule has 0 atom stereocenters. The van der Waals surface area contributed by atoms with Gasteiger partial charge in [0.1, 0.15) is 0 Å². The van der Waals surface area contributed by atoms with Crippen molar-refractivity contribution in [1.82, 2.24) is 4.57 Å². The summed E-state index contributed by atoms with van der Waals surface area (Å²) in [5.41, 5.74) is -0.473. The molecule has 0 saturated heterocycles. The monoisotopic (exact) mass is 324 g/mol. The Balaban J connectivity index is 2.83. The molecular formula is C9H10BrClN2O4. The van der Waals surface area contributed by atoms with Crippen LogP contribution in [0.4, 0.5) is 5.69 Å². The van der Waals surface area contributed by atoms with Gasteiger partial charge in [-0.15, -0.1) is 11.6 Å². The minimum Gasteiger partial charge on any atom is -0.378 e. The van der Waals surface area contributed by atoms with Gasteiger partial charge in [0.15, 0.2) is 0 Å². The highest BCUT2D eigenvalue weighted by atomic mass is 79.9. The van der Waals surface area contributed by atoms with E-state index >= 15 is 0 Å². The average molecular weight is 326 g/mol. The maximum atomic E-state index is 11.6. The fourth-order valence-corrected chi connectivity index (χ4v) is 1.74. The predicted molar refractivity (Wildman–Crippen MR) is 66.6 cm³/mol. The summed E-state index contributed by atoms with van der Waals surface area (Å²) in [5, 5.41) is 10.6. The molecule has 0 spiro atoms. The molecule has 0 aliphatic rings. The smallest absolute Gasteiger partial charge is 0.286 e. The lowest BCUT2D eigenvalue weighted by Crippen LogP contribution is -2.23. The molecule has 0 N–H and O–H groups in total. The van der Waals surface area contributed by atoms with Crippen LogP contribution in [0.2, 0.25) is 0 Å². The molecule has 0 unspecified atom stereocenters. The first-order valence-electron chi connectivity index (χ1n) is 4.74. The molecule has 94 valence electrons. The van der Waals surface area contributed by atoms with Gasteiger partial charge < -0.3 is 9.30 Å². The Kier molecular flexibility index (Phi) is 5.60. The van der Waals surface area contributed by atoms with Crippen LogP contribution in [0.1, 0.15) is 0 Å². The summed E-state index contributed by atoms with van der Waals surface area (Å²) < 4.78 is 6.49. The van der Waals surface area contributed by atoms with Gasteiger partial charge in [0.05, 0.1) is 28.8 Å². The molecule has 1 aromatic rings. The van der Waals surface area contributed by atoms with E-state index in [1.54, 1.807) is 0 Å². The zero-order chi connectivity index (χ0) is 12.8. The number of alkyl halides is 1. The molecule has 0 radical (unpaired) electrons. The number of rotatable bonds is 6. The summed E-state index contributed by atoms with van der Waals surface area (Å²) in [6, 6.07) is 1.18. The first-order valence-corrected chi connectivity index (χ1v) is 6.07. The van der Waals surface area contributed by atoms with Crippen molar-refractivity contribution in [3.8, 4) is 0 Å². The molecule has 8 heteroatoms. The van der Waals surface area contributed by atoms with Crippen LogP contribution >= 0.6 is 27.5 Å². The summed E-state index contributed by atoms with van der Waals surface area (Å²) in [4.78, 5) is 21.7. The third-order valence-corrected chi connectivity index (χ3v) is 2.66. The number of pyridine rings is 1. The van der Waals surface area contributed by atoms with Crippen molar-refractivity contribution >= 4 is 33.2 Å². The van der Waals surface area contributed by atoms with Crippen molar-refractivity contribution in [2.24, 2.45) is 0 Å². The van der Waals surface area contributed by atoms with Gasteiger partial charge in [0, 0.05) is 18.5 Å². The van der Waals surface area contributed by atoms with Crippen LogP contribution in [0.25, 0.3) is 0 Å². The SMILES string of the molecule is O=c1c(Br)cc([N+](=O)[O-])cn1CCOCCCl. The van der Waals surface area contributed by atoms with Crippen LogP contribution in [0.15, 0.2) is 21.5 Å². The first kappa shape index (κ1) is 14.1. The van der Waals surface area contributed by atoms with Crippen LogP contribution < -0.4 is 5.56 Å². The van der Waals surface area contributed by atoms with E-state index < -0.39 is 4.92 Å². The van der Waals surface area contributed by atoms with Crippen molar-refractivity contribution < 1.29 is 9.66 Å². The normalized spacial score (nSPS) is 10.5. The Labute approximate surface area is 110 Å². The van der Waals surface area contributed by atoms with Gasteiger partial charge in [-0.1, -0.05) is 0 Å². The van der Waals surface area contributed by atoms with Crippen molar-refractivity contribution in [1.29, 1.82) is 0 Å². The largest absolute Gasteiger partial charge is 0.378 e. The lowest BCUT2D eigenvalue weighted by atomic mass is 10.4. The zero-order valence-electron chi connectivity index (χ0n) is 8.77. The summed E-state index contributed by atoms with van der Waals surface area (Å²) >= 11 is 8.40. The lowest BCUT2D eigenvalue weighted by molar-refractivity contribution is -0.385. The zero-order valence-corrected chi connectivity index (χ0v) is 11.1. The molecule has 0 amide bonds. The maximum absolute atomic E-state index is 11.6. The number of nitrogens with zero attached hydrogens (tertiary/aromatic N) is 2. The minimum atomic E-state index is -0.555. The highest BCUT2D eigenvalue weighted by Gasteiger charge is 2.11. The van der Waals surface area contributed by atoms with E-state index in [9.17, 15) is 14.9 Å². The minimum absolute atomic E-state index is 0.145. The standard InChI is InChI=1S/C9H10BrClN2O4/c10-8-5-7(13(15)16)6-12(9(8)14)2-4-17-3-1-11/h5-6H,1-4H2. The second kappa shape index (κ2) is 6.73. The third-order valence-electron chi connectivity index (χ3n) is 1.94. The highest BCUT2D eigenvalue weighted by Crippen LogP contribution is 2.13. The van der Waals surface area contributed by atoms with E-state index in [1.165, 1.54) is 16.8 Å². The summed E-state index contributed by atoms with van der Waals surface area (Å²) in [6.45, 7) is 0.905. The van der Waals surface area contributed by atoms with Gasteiger partial charge in [-0.2, -0.15) is 0 Å². The molecule has 1 heterocycles. The van der Waals surface area contributed by atoms with Crippen molar-refractivity contribution in [2.45, 2.75) is 6.54 Å². The fraction of sp³-hybridized carbons (Fsp3) is 0.444. The Hall–Kier alpha value is -0.920. The van der Waals surface area contributed by atoms with Gasteiger partial charge in [0.2, 0.25) is 0 Å². The molecule has 0 saturated carbocycles. The van der Waals surface area contributed by atoms with Gasteiger partial charge in [0.25, 0.3) is 11.2 Å².